The molecule has 0 saturated heterocycles. The van der Waals surface area contributed by atoms with E-state index in [1.54, 1.807) is 57.2 Å². The molecule has 0 spiro atoms. The quantitative estimate of drug-likeness (QED) is 0.246. The van der Waals surface area contributed by atoms with Crippen LogP contribution in [0.2, 0.25) is 0 Å². The Kier molecular flexibility index (Phi) is 9.80. The van der Waals surface area contributed by atoms with Crippen molar-refractivity contribution in [3.63, 3.8) is 0 Å². The average Bonchev–Trinajstić information content (AvgIpc) is 3.31. The minimum atomic E-state index is -0.925. The SMILES string of the molecule is CC(C)(C)OC(=O)N(CCc1ccc(NC(=O)C(=O)c2csc(N)n2)cc1)CC(O)COc1ccccc1. The van der Waals surface area contributed by atoms with Gasteiger partial charge in [-0.15, -0.1) is 11.3 Å². The Labute approximate surface area is 225 Å². The number of hydrogen-bond donors (Lipinski definition) is 3. The van der Waals surface area contributed by atoms with E-state index in [4.69, 9.17) is 15.2 Å². The first-order valence-corrected chi connectivity index (χ1v) is 12.9. The third-order valence-electron chi connectivity index (χ3n) is 5.11. The number of ether oxygens (including phenoxy) is 2. The van der Waals surface area contributed by atoms with Crippen molar-refractivity contribution in [2.75, 3.05) is 30.7 Å². The molecule has 2 aromatic carbocycles. The first kappa shape index (κ1) is 28.6. The molecule has 1 heterocycles. The second kappa shape index (κ2) is 13.0. The number of hydrogen-bond acceptors (Lipinski definition) is 9. The molecule has 1 atom stereocenters. The van der Waals surface area contributed by atoms with E-state index in [0.717, 1.165) is 16.9 Å². The number of aliphatic hydroxyl groups is 1. The molecular formula is C27H32N4O6S. The topological polar surface area (TPSA) is 144 Å². The minimum absolute atomic E-state index is 0.000195. The number of nitrogens with one attached hydrogen (secondary N) is 1. The summed E-state index contributed by atoms with van der Waals surface area (Å²) in [5, 5.41) is 14.7. The van der Waals surface area contributed by atoms with E-state index in [0.29, 0.717) is 17.9 Å². The number of nitrogens with two attached hydrogens (primary N) is 1. The lowest BCUT2D eigenvalue weighted by molar-refractivity contribution is -0.112. The Balaban J connectivity index is 1.57. The van der Waals surface area contributed by atoms with Crippen LogP contribution in [0.25, 0.3) is 0 Å². The molecule has 3 aromatic rings. The number of thiazole rings is 1. The van der Waals surface area contributed by atoms with Crippen LogP contribution in [-0.2, 0) is 16.0 Å². The number of nitrogens with zero attached hydrogens (tertiary/aromatic N) is 2. The molecule has 4 N–H and O–H groups in total. The predicted octanol–water partition coefficient (Wildman–Crippen LogP) is 3.77. The van der Waals surface area contributed by atoms with Crippen LogP contribution in [-0.4, -0.2) is 64.2 Å². The summed E-state index contributed by atoms with van der Waals surface area (Å²) in [6, 6.07) is 16.0. The number of carbonyl (C=O) groups is 3. The molecule has 0 aliphatic carbocycles. The fraction of sp³-hybridized carbons (Fsp3) is 0.333. The second-order valence-electron chi connectivity index (χ2n) is 9.51. The molecule has 1 unspecified atom stereocenters. The molecule has 0 fully saturated rings. The number of rotatable bonds is 11. The molecule has 3 rings (SSSR count). The van der Waals surface area contributed by atoms with Gasteiger partial charge in [-0.1, -0.05) is 30.3 Å². The molecule has 0 saturated carbocycles. The van der Waals surface area contributed by atoms with Crippen molar-refractivity contribution in [1.29, 1.82) is 0 Å². The zero-order chi connectivity index (χ0) is 27.7. The highest BCUT2D eigenvalue weighted by atomic mass is 32.1. The first-order valence-electron chi connectivity index (χ1n) is 12.0. The number of aromatic nitrogens is 1. The normalized spacial score (nSPS) is 11.9. The lowest BCUT2D eigenvalue weighted by Crippen LogP contribution is -2.43. The number of amides is 2. The van der Waals surface area contributed by atoms with E-state index in [9.17, 15) is 19.5 Å². The second-order valence-corrected chi connectivity index (χ2v) is 10.4. The summed E-state index contributed by atoms with van der Waals surface area (Å²) in [7, 11) is 0. The summed E-state index contributed by atoms with van der Waals surface area (Å²) >= 11 is 1.08. The number of carbonyl (C=O) groups excluding carboxylic acids is 3. The Morgan fingerprint density at radius 1 is 1.11 bits per heavy atom. The minimum Gasteiger partial charge on any atom is -0.491 e. The molecule has 10 nitrogen and oxygen atoms in total. The van der Waals surface area contributed by atoms with Crippen molar-refractivity contribution in [3.8, 4) is 5.75 Å². The molecule has 11 heteroatoms. The van der Waals surface area contributed by atoms with Crippen molar-refractivity contribution in [2.45, 2.75) is 38.9 Å². The van der Waals surface area contributed by atoms with Gasteiger partial charge in [0.25, 0.3) is 11.7 Å². The first-order chi connectivity index (χ1) is 18.0. The summed E-state index contributed by atoms with van der Waals surface area (Å²) in [5.74, 6) is -0.962. The number of aliphatic hydroxyl groups excluding tert-OH is 1. The summed E-state index contributed by atoms with van der Waals surface area (Å²) in [6.45, 7) is 5.66. The van der Waals surface area contributed by atoms with E-state index >= 15 is 0 Å². The number of Topliss-reactive ketones (excluding diaryl/α,β-unsaturated/α-hetero) is 1. The van der Waals surface area contributed by atoms with Crippen molar-refractivity contribution in [2.24, 2.45) is 0 Å². The van der Waals surface area contributed by atoms with E-state index < -0.39 is 29.5 Å². The van der Waals surface area contributed by atoms with Gasteiger partial charge in [-0.05, 0) is 57.0 Å². The van der Waals surface area contributed by atoms with Gasteiger partial charge in [-0.3, -0.25) is 9.59 Å². The van der Waals surface area contributed by atoms with Crippen LogP contribution < -0.4 is 15.8 Å². The summed E-state index contributed by atoms with van der Waals surface area (Å²) in [4.78, 5) is 42.5. The van der Waals surface area contributed by atoms with Gasteiger partial charge < -0.3 is 30.5 Å². The largest absolute Gasteiger partial charge is 0.491 e. The van der Waals surface area contributed by atoms with E-state index in [1.807, 2.05) is 18.2 Å². The van der Waals surface area contributed by atoms with Crippen LogP contribution in [0.15, 0.2) is 60.0 Å². The van der Waals surface area contributed by atoms with Crippen LogP contribution in [0.1, 0.15) is 36.8 Å². The van der Waals surface area contributed by atoms with Gasteiger partial charge in [0.2, 0.25) is 0 Å². The maximum Gasteiger partial charge on any atom is 0.410 e. The number of para-hydroxylation sites is 1. The van der Waals surface area contributed by atoms with E-state index in [2.05, 4.69) is 10.3 Å². The lowest BCUT2D eigenvalue weighted by atomic mass is 10.1. The Hall–Kier alpha value is -3.96. The maximum absolute atomic E-state index is 12.8. The number of benzene rings is 2. The summed E-state index contributed by atoms with van der Waals surface area (Å²) in [6.07, 6.45) is -0.996. The van der Waals surface area contributed by atoms with Crippen molar-refractivity contribution >= 4 is 39.9 Å². The zero-order valence-electron chi connectivity index (χ0n) is 21.5. The zero-order valence-corrected chi connectivity index (χ0v) is 22.4. The third kappa shape index (κ3) is 9.16. The van der Waals surface area contributed by atoms with E-state index in [-0.39, 0.29) is 30.5 Å². The van der Waals surface area contributed by atoms with Gasteiger partial charge >= 0.3 is 6.09 Å². The molecule has 2 amide bonds. The average molecular weight is 541 g/mol. The number of anilines is 2. The van der Waals surface area contributed by atoms with Gasteiger partial charge in [-0.2, -0.15) is 0 Å². The lowest BCUT2D eigenvalue weighted by Gasteiger charge is -2.29. The fourth-order valence-corrected chi connectivity index (χ4v) is 3.86. The van der Waals surface area contributed by atoms with Crippen molar-refractivity contribution in [3.05, 3.63) is 71.2 Å². The predicted molar refractivity (Wildman–Crippen MR) is 145 cm³/mol. The van der Waals surface area contributed by atoms with Crippen LogP contribution in [0.4, 0.5) is 15.6 Å². The third-order valence-corrected chi connectivity index (χ3v) is 5.79. The monoisotopic (exact) mass is 540 g/mol. The molecule has 0 aliphatic heterocycles. The van der Waals surface area contributed by atoms with Crippen LogP contribution in [0.5, 0.6) is 5.75 Å². The van der Waals surface area contributed by atoms with Gasteiger partial charge in [-0.25, -0.2) is 9.78 Å². The Bertz CT molecular complexity index is 1220. The summed E-state index contributed by atoms with van der Waals surface area (Å²) in [5.41, 5.74) is 6.15. The standard InChI is InChI=1S/C27H32N4O6S/c1-27(2,3)37-26(35)31(15-20(32)16-36-21-7-5-4-6-8-21)14-13-18-9-11-19(12-10-18)29-24(34)23(33)22-17-38-25(28)30-22/h4-12,17,20,32H,13-16H2,1-3H3,(H2,28,30)(H,29,34). The highest BCUT2D eigenvalue weighted by molar-refractivity contribution is 7.13. The Morgan fingerprint density at radius 2 is 1.79 bits per heavy atom. The van der Waals surface area contributed by atoms with Crippen LogP contribution >= 0.6 is 11.3 Å². The van der Waals surface area contributed by atoms with Gasteiger partial charge in [0.1, 0.15) is 29.8 Å². The molecule has 0 aliphatic rings. The van der Waals surface area contributed by atoms with Gasteiger partial charge in [0, 0.05) is 17.6 Å². The maximum atomic E-state index is 12.8. The van der Waals surface area contributed by atoms with Crippen molar-refractivity contribution < 1.29 is 29.0 Å². The summed E-state index contributed by atoms with van der Waals surface area (Å²) < 4.78 is 11.1. The fourth-order valence-electron chi connectivity index (χ4n) is 3.31. The molecule has 1 aromatic heterocycles. The number of nitrogen functional groups attached to an aromatic ring is 1. The van der Waals surface area contributed by atoms with Gasteiger partial charge in [0.15, 0.2) is 5.13 Å². The van der Waals surface area contributed by atoms with Crippen molar-refractivity contribution in [1.82, 2.24) is 9.88 Å². The molecule has 0 radical (unpaired) electrons. The molecule has 202 valence electrons. The van der Waals surface area contributed by atoms with Crippen LogP contribution in [0.3, 0.4) is 0 Å². The van der Waals surface area contributed by atoms with Gasteiger partial charge in [0.05, 0.1) is 6.54 Å². The van der Waals surface area contributed by atoms with E-state index in [1.165, 1.54) is 10.3 Å². The Morgan fingerprint density at radius 3 is 2.39 bits per heavy atom. The molecular weight excluding hydrogens is 508 g/mol. The highest BCUT2D eigenvalue weighted by Gasteiger charge is 2.24. The molecule has 38 heavy (non-hydrogen) atoms. The van der Waals surface area contributed by atoms with Crippen LogP contribution in [0, 0.1) is 0 Å². The highest BCUT2D eigenvalue weighted by Crippen LogP contribution is 2.16. The smallest absolute Gasteiger partial charge is 0.410 e. The number of ketones is 1. The molecule has 0 bridgehead atoms.